The molecule has 0 aliphatic heterocycles. The third kappa shape index (κ3) is 3.44. The highest BCUT2D eigenvalue weighted by atomic mass is 32.2. The zero-order chi connectivity index (χ0) is 18.3. The predicted molar refractivity (Wildman–Crippen MR) is 90.9 cm³/mol. The van der Waals surface area contributed by atoms with E-state index in [1.54, 1.807) is 0 Å². The van der Waals surface area contributed by atoms with E-state index in [-0.39, 0.29) is 0 Å². The first-order chi connectivity index (χ1) is 12.5. The van der Waals surface area contributed by atoms with Crippen LogP contribution >= 0.6 is 11.8 Å². The van der Waals surface area contributed by atoms with E-state index in [0.29, 0.717) is 46.1 Å². The molecule has 1 aromatic carbocycles. The fourth-order valence-electron chi connectivity index (χ4n) is 2.78. The van der Waals surface area contributed by atoms with E-state index in [4.69, 9.17) is 4.52 Å². The maximum atomic E-state index is 13.0. The lowest BCUT2D eigenvalue weighted by Crippen LogP contribution is -2.05. The molecule has 0 amide bonds. The largest absolute Gasteiger partial charge is 0.416 e. The van der Waals surface area contributed by atoms with Crippen LogP contribution in [0.3, 0.4) is 0 Å². The highest BCUT2D eigenvalue weighted by Gasteiger charge is 2.31. The van der Waals surface area contributed by atoms with Crippen LogP contribution < -0.4 is 0 Å². The normalized spacial score (nSPS) is 15.1. The van der Waals surface area contributed by atoms with Crippen LogP contribution in [0.4, 0.5) is 13.2 Å². The van der Waals surface area contributed by atoms with Gasteiger partial charge in [-0.25, -0.2) is 4.98 Å². The highest BCUT2D eigenvalue weighted by Crippen LogP contribution is 2.39. The number of fused-ring (bicyclic) bond motifs is 1. The maximum absolute atomic E-state index is 13.0. The van der Waals surface area contributed by atoms with Crippen molar-refractivity contribution in [1.82, 2.24) is 19.7 Å². The van der Waals surface area contributed by atoms with E-state index in [1.807, 2.05) is 11.5 Å². The second-order valence-corrected chi connectivity index (χ2v) is 7.30. The van der Waals surface area contributed by atoms with Gasteiger partial charge >= 0.3 is 6.18 Å². The van der Waals surface area contributed by atoms with E-state index in [1.165, 1.54) is 23.9 Å². The molecule has 3 aromatic rings. The van der Waals surface area contributed by atoms with Crippen LogP contribution in [0.1, 0.15) is 49.4 Å². The minimum Gasteiger partial charge on any atom is -0.339 e. The molecule has 5 nitrogen and oxygen atoms in total. The molecule has 0 saturated heterocycles. The van der Waals surface area contributed by atoms with Gasteiger partial charge in [-0.2, -0.15) is 18.2 Å². The van der Waals surface area contributed by atoms with Crippen LogP contribution in [-0.2, 0) is 18.5 Å². The molecule has 0 unspecified atom stereocenters. The van der Waals surface area contributed by atoms with E-state index < -0.39 is 11.7 Å². The SMILES string of the molecule is CCCn1c(SCc2noc(C3CC3)n2)nc2ccc(C(F)(F)F)cc21. The van der Waals surface area contributed by atoms with Crippen LogP contribution in [0.5, 0.6) is 0 Å². The van der Waals surface area contributed by atoms with Crippen LogP contribution in [0, 0.1) is 0 Å². The Hall–Kier alpha value is -2.03. The number of halogens is 3. The number of hydrogen-bond donors (Lipinski definition) is 0. The molecule has 9 heteroatoms. The number of hydrogen-bond acceptors (Lipinski definition) is 5. The number of rotatable bonds is 6. The van der Waals surface area contributed by atoms with Gasteiger partial charge in [0.05, 0.1) is 22.3 Å². The third-order valence-corrected chi connectivity index (χ3v) is 5.20. The van der Waals surface area contributed by atoms with Gasteiger partial charge in [-0.1, -0.05) is 23.8 Å². The van der Waals surface area contributed by atoms with Gasteiger partial charge in [-0.15, -0.1) is 0 Å². The summed E-state index contributed by atoms with van der Waals surface area (Å²) in [5, 5.41) is 4.64. The molecule has 2 heterocycles. The molecule has 0 N–H and O–H groups in total. The van der Waals surface area contributed by atoms with Crippen molar-refractivity contribution in [3.8, 4) is 0 Å². The van der Waals surface area contributed by atoms with Crippen molar-refractivity contribution in [2.75, 3.05) is 0 Å². The number of alkyl halides is 3. The summed E-state index contributed by atoms with van der Waals surface area (Å²) < 4.78 is 46.1. The lowest BCUT2D eigenvalue weighted by atomic mass is 10.2. The lowest BCUT2D eigenvalue weighted by Gasteiger charge is -2.09. The second-order valence-electron chi connectivity index (χ2n) is 6.36. The molecule has 0 spiro atoms. The molecule has 2 aromatic heterocycles. The van der Waals surface area contributed by atoms with E-state index in [0.717, 1.165) is 25.3 Å². The number of thioether (sulfide) groups is 1. The second kappa shape index (κ2) is 6.61. The number of aryl methyl sites for hydroxylation is 1. The molecule has 1 aliphatic carbocycles. The number of nitrogens with zero attached hydrogens (tertiary/aromatic N) is 4. The van der Waals surface area contributed by atoms with Crippen molar-refractivity contribution in [2.45, 2.75) is 55.7 Å². The molecule has 1 saturated carbocycles. The summed E-state index contributed by atoms with van der Waals surface area (Å²) in [6.07, 6.45) is -1.40. The van der Waals surface area contributed by atoms with Crippen LogP contribution in [0.25, 0.3) is 11.0 Å². The smallest absolute Gasteiger partial charge is 0.339 e. The fourth-order valence-corrected chi connectivity index (χ4v) is 3.66. The quantitative estimate of drug-likeness (QED) is 0.561. The molecule has 0 atom stereocenters. The van der Waals surface area contributed by atoms with Gasteiger partial charge in [-0.05, 0) is 37.5 Å². The highest BCUT2D eigenvalue weighted by molar-refractivity contribution is 7.98. The van der Waals surface area contributed by atoms with Crippen molar-refractivity contribution in [3.05, 3.63) is 35.5 Å². The molecule has 1 fully saturated rings. The molecule has 138 valence electrons. The summed E-state index contributed by atoms with van der Waals surface area (Å²) in [5.74, 6) is 2.13. The Labute approximate surface area is 152 Å². The van der Waals surface area contributed by atoms with Crippen LogP contribution in [0.15, 0.2) is 27.9 Å². The average molecular weight is 382 g/mol. The van der Waals surface area contributed by atoms with Gasteiger partial charge in [-0.3, -0.25) is 0 Å². The molecule has 0 radical (unpaired) electrons. The summed E-state index contributed by atoms with van der Waals surface area (Å²) in [6.45, 7) is 2.58. The van der Waals surface area contributed by atoms with Gasteiger partial charge in [0.2, 0.25) is 5.89 Å². The zero-order valence-electron chi connectivity index (χ0n) is 14.1. The Balaban J connectivity index is 1.61. The van der Waals surface area contributed by atoms with Crippen molar-refractivity contribution < 1.29 is 17.7 Å². The van der Waals surface area contributed by atoms with Crippen LogP contribution in [-0.4, -0.2) is 19.7 Å². The molecule has 4 rings (SSSR count). The van der Waals surface area contributed by atoms with Gasteiger partial charge in [0.15, 0.2) is 11.0 Å². The summed E-state index contributed by atoms with van der Waals surface area (Å²) in [7, 11) is 0. The monoisotopic (exact) mass is 382 g/mol. The topological polar surface area (TPSA) is 56.7 Å². The number of benzene rings is 1. The van der Waals surface area contributed by atoms with Crippen molar-refractivity contribution in [1.29, 1.82) is 0 Å². The Morgan fingerprint density at radius 3 is 2.77 bits per heavy atom. The third-order valence-electron chi connectivity index (χ3n) is 4.23. The van der Waals surface area contributed by atoms with Gasteiger partial charge in [0.1, 0.15) is 0 Å². The van der Waals surface area contributed by atoms with Gasteiger partial charge < -0.3 is 9.09 Å². The first-order valence-corrected chi connectivity index (χ1v) is 9.47. The Kier molecular flexibility index (Phi) is 4.42. The summed E-state index contributed by atoms with van der Waals surface area (Å²) in [6, 6.07) is 3.66. The minimum absolute atomic E-state index is 0.395. The fraction of sp³-hybridized carbons (Fsp3) is 0.471. The summed E-state index contributed by atoms with van der Waals surface area (Å²) in [4.78, 5) is 8.88. The zero-order valence-corrected chi connectivity index (χ0v) is 14.9. The number of aromatic nitrogens is 4. The van der Waals surface area contributed by atoms with E-state index in [9.17, 15) is 13.2 Å². The molecular weight excluding hydrogens is 365 g/mol. The molecule has 26 heavy (non-hydrogen) atoms. The van der Waals surface area contributed by atoms with E-state index >= 15 is 0 Å². The van der Waals surface area contributed by atoms with Crippen molar-refractivity contribution in [2.24, 2.45) is 0 Å². The van der Waals surface area contributed by atoms with Crippen molar-refractivity contribution in [3.63, 3.8) is 0 Å². The Morgan fingerprint density at radius 1 is 1.27 bits per heavy atom. The Morgan fingerprint density at radius 2 is 2.08 bits per heavy atom. The first-order valence-electron chi connectivity index (χ1n) is 8.48. The lowest BCUT2D eigenvalue weighted by molar-refractivity contribution is -0.137. The molecular formula is C17H17F3N4OS. The summed E-state index contributed by atoms with van der Waals surface area (Å²) >= 11 is 1.41. The maximum Gasteiger partial charge on any atom is 0.416 e. The summed E-state index contributed by atoms with van der Waals surface area (Å²) in [5.41, 5.74) is 0.391. The number of imidazole rings is 1. The standard InChI is InChI=1S/C17H17F3N4OS/c1-2-7-24-13-8-11(17(18,19)20)5-6-12(13)21-16(24)26-9-14-22-15(25-23-14)10-3-4-10/h5-6,8,10H,2-4,7,9H2,1H3. The van der Waals surface area contributed by atoms with Crippen molar-refractivity contribution >= 4 is 22.8 Å². The molecule has 0 bridgehead atoms. The Bertz CT molecular complexity index is 930. The van der Waals surface area contributed by atoms with Gasteiger partial charge in [0, 0.05) is 12.5 Å². The molecule has 1 aliphatic rings. The average Bonchev–Trinajstić information content (AvgIpc) is 3.24. The predicted octanol–water partition coefficient (Wildman–Crippen LogP) is 5.02. The van der Waals surface area contributed by atoms with E-state index in [2.05, 4.69) is 15.1 Å². The van der Waals surface area contributed by atoms with Gasteiger partial charge in [0.25, 0.3) is 0 Å². The first kappa shape index (κ1) is 17.4. The van der Waals surface area contributed by atoms with Crippen LogP contribution in [0.2, 0.25) is 0 Å². The minimum atomic E-state index is -4.37.